The Hall–Kier alpha value is -3.07. The van der Waals surface area contributed by atoms with Gasteiger partial charge in [-0.25, -0.2) is 22.4 Å². The van der Waals surface area contributed by atoms with Crippen molar-refractivity contribution in [3.8, 4) is 0 Å². The average Bonchev–Trinajstić information content (AvgIpc) is 2.53. The van der Waals surface area contributed by atoms with Crippen LogP contribution >= 0.6 is 0 Å². The van der Waals surface area contributed by atoms with E-state index in [-0.39, 0.29) is 6.54 Å². The van der Waals surface area contributed by atoms with Crippen molar-refractivity contribution in [1.29, 1.82) is 0 Å². The fourth-order valence-electron chi connectivity index (χ4n) is 1.39. The Balaban J connectivity index is 3.00. The fraction of sp³-hybridized carbons (Fsp3) is 0.167. The minimum atomic E-state index is -2.06. The highest BCUT2D eigenvalue weighted by Gasteiger charge is 2.29. The molecule has 0 radical (unpaired) electrons. The van der Waals surface area contributed by atoms with Gasteiger partial charge in [0.15, 0.2) is 23.3 Å². The van der Waals surface area contributed by atoms with Crippen LogP contribution in [-0.4, -0.2) is 25.0 Å². The lowest BCUT2D eigenvalue weighted by molar-refractivity contribution is -0.116. The number of nitrogens with one attached hydrogen (secondary N) is 1. The summed E-state index contributed by atoms with van der Waals surface area (Å²) in [6, 6.07) is 0. The van der Waals surface area contributed by atoms with Crippen LogP contribution in [0, 0.1) is 23.3 Å². The van der Waals surface area contributed by atoms with Crippen molar-refractivity contribution in [3.05, 3.63) is 51.9 Å². The van der Waals surface area contributed by atoms with Crippen LogP contribution in [0.2, 0.25) is 0 Å². The van der Waals surface area contributed by atoms with Gasteiger partial charge >= 0.3 is 5.97 Å². The third kappa shape index (κ3) is 3.98. The van der Waals surface area contributed by atoms with Crippen LogP contribution in [0.1, 0.15) is 10.4 Å². The van der Waals surface area contributed by atoms with E-state index in [9.17, 15) is 27.2 Å². The van der Waals surface area contributed by atoms with Crippen LogP contribution in [0.3, 0.4) is 0 Å². The molecule has 0 saturated carbocycles. The molecule has 1 rings (SSSR count). The zero-order valence-corrected chi connectivity index (χ0v) is 11.3. The van der Waals surface area contributed by atoms with Gasteiger partial charge in [0, 0.05) is 4.91 Å². The highest BCUT2D eigenvalue weighted by molar-refractivity contribution is 5.90. The van der Waals surface area contributed by atoms with Gasteiger partial charge in [0.2, 0.25) is 5.91 Å². The van der Waals surface area contributed by atoms with E-state index >= 15 is 0 Å². The van der Waals surface area contributed by atoms with Crippen LogP contribution in [0.4, 0.5) is 23.2 Å². The van der Waals surface area contributed by atoms with Gasteiger partial charge in [0.25, 0.3) is 0 Å². The van der Waals surface area contributed by atoms with Crippen molar-refractivity contribution in [2.45, 2.75) is 0 Å². The molecule has 1 aromatic rings. The number of carbonyl (C=O) groups excluding carboxylic acids is 2. The molecule has 23 heavy (non-hydrogen) atoms. The maximum atomic E-state index is 13.6. The third-order valence-corrected chi connectivity index (χ3v) is 2.41. The summed E-state index contributed by atoms with van der Waals surface area (Å²) in [6.45, 7) is 2.42. The number of azide groups is 1. The molecule has 0 aliphatic rings. The molecular formula is C12H8F4N4O3. The Morgan fingerprint density at radius 2 is 1.78 bits per heavy atom. The first-order valence-electron chi connectivity index (χ1n) is 5.83. The number of rotatable bonds is 6. The van der Waals surface area contributed by atoms with Crippen LogP contribution < -0.4 is 5.32 Å². The molecule has 11 heteroatoms. The summed E-state index contributed by atoms with van der Waals surface area (Å²) in [7, 11) is 0. The van der Waals surface area contributed by atoms with E-state index in [1.165, 1.54) is 0 Å². The second kappa shape index (κ2) is 7.80. The molecule has 0 atom stereocenters. The van der Waals surface area contributed by atoms with Crippen LogP contribution in [0.25, 0.3) is 10.4 Å². The second-order valence-electron chi connectivity index (χ2n) is 3.80. The monoisotopic (exact) mass is 332 g/mol. The summed E-state index contributed by atoms with van der Waals surface area (Å²) in [6.07, 6.45) is 0.931. The fourth-order valence-corrected chi connectivity index (χ4v) is 1.39. The Morgan fingerprint density at radius 1 is 1.22 bits per heavy atom. The van der Waals surface area contributed by atoms with E-state index in [0.717, 1.165) is 6.08 Å². The summed E-state index contributed by atoms with van der Waals surface area (Å²) >= 11 is 0. The number of carbonyl (C=O) groups is 2. The zero-order chi connectivity index (χ0) is 17.6. The van der Waals surface area contributed by atoms with Crippen LogP contribution in [-0.2, 0) is 9.53 Å². The van der Waals surface area contributed by atoms with Gasteiger partial charge in [-0.05, 0) is 11.6 Å². The zero-order valence-electron chi connectivity index (χ0n) is 11.3. The molecule has 0 spiro atoms. The molecule has 0 unspecified atom stereocenters. The van der Waals surface area contributed by atoms with Crippen molar-refractivity contribution in [3.63, 3.8) is 0 Å². The van der Waals surface area contributed by atoms with Crippen molar-refractivity contribution >= 4 is 17.6 Å². The molecule has 0 heterocycles. The number of nitrogens with zero attached hydrogens (tertiary/aromatic N) is 3. The number of amides is 1. The van der Waals surface area contributed by atoms with Crippen molar-refractivity contribution in [2.75, 3.05) is 13.2 Å². The Bertz CT molecular complexity index is 688. The standard InChI is InChI=1S/C12H8F4N4O3/c1-2-5(21)18-3-4-23-12(22)6-7(13)9(15)11(19-20-17)10(16)8(6)14/h2H,1,3-4H2,(H,18,21). The molecule has 0 aromatic heterocycles. The van der Waals surface area contributed by atoms with Crippen LogP contribution in [0.5, 0.6) is 0 Å². The predicted octanol–water partition coefficient (Wildman–Crippen LogP) is 2.64. The number of hydrogen-bond acceptors (Lipinski definition) is 4. The molecule has 1 amide bonds. The normalized spacial score (nSPS) is 9.74. The van der Waals surface area contributed by atoms with E-state index in [2.05, 4.69) is 21.7 Å². The lowest BCUT2D eigenvalue weighted by Gasteiger charge is -2.09. The lowest BCUT2D eigenvalue weighted by atomic mass is 10.1. The summed E-state index contributed by atoms with van der Waals surface area (Å²) in [5.74, 6) is -10.5. The first-order valence-corrected chi connectivity index (χ1v) is 5.83. The van der Waals surface area contributed by atoms with Gasteiger partial charge in [-0.3, -0.25) is 4.79 Å². The predicted molar refractivity (Wildman–Crippen MR) is 68.6 cm³/mol. The SMILES string of the molecule is C=CC(=O)NCCOC(=O)c1c(F)c(F)c(N=[N+]=[N-])c(F)c1F. The van der Waals surface area contributed by atoms with Gasteiger partial charge in [-0.2, -0.15) is 0 Å². The van der Waals surface area contributed by atoms with Gasteiger partial charge in [-0.15, -0.1) is 0 Å². The molecule has 0 aliphatic heterocycles. The number of ether oxygens (including phenoxy) is 1. The summed E-state index contributed by atoms with van der Waals surface area (Å²) in [5, 5.41) is 4.67. The van der Waals surface area contributed by atoms with E-state index in [0.29, 0.717) is 0 Å². The van der Waals surface area contributed by atoms with Crippen molar-refractivity contribution in [1.82, 2.24) is 5.32 Å². The minimum absolute atomic E-state index is 0.221. The smallest absolute Gasteiger partial charge is 0.344 e. The molecule has 0 aliphatic carbocycles. The molecule has 1 N–H and O–H groups in total. The maximum Gasteiger partial charge on any atom is 0.344 e. The van der Waals surface area contributed by atoms with Gasteiger partial charge < -0.3 is 10.1 Å². The number of esters is 1. The minimum Gasteiger partial charge on any atom is -0.460 e. The van der Waals surface area contributed by atoms with E-state index < -0.39 is 53.0 Å². The van der Waals surface area contributed by atoms with Crippen molar-refractivity contribution in [2.24, 2.45) is 5.11 Å². The highest BCUT2D eigenvalue weighted by atomic mass is 19.2. The average molecular weight is 332 g/mol. The first kappa shape index (κ1) is 18.0. The maximum absolute atomic E-state index is 13.6. The third-order valence-electron chi connectivity index (χ3n) is 2.41. The topological polar surface area (TPSA) is 104 Å². The second-order valence-corrected chi connectivity index (χ2v) is 3.80. The molecular weight excluding hydrogens is 324 g/mol. The molecule has 0 fully saturated rings. The molecule has 0 bridgehead atoms. The Labute approximate surface area is 126 Å². The number of halogens is 4. The van der Waals surface area contributed by atoms with Gasteiger partial charge in [0.1, 0.15) is 17.9 Å². The Morgan fingerprint density at radius 3 is 2.26 bits per heavy atom. The highest BCUT2D eigenvalue weighted by Crippen LogP contribution is 2.30. The van der Waals surface area contributed by atoms with E-state index in [1.54, 1.807) is 0 Å². The van der Waals surface area contributed by atoms with Gasteiger partial charge in [0.05, 0.1) is 6.54 Å². The first-order chi connectivity index (χ1) is 10.8. The number of benzene rings is 1. The van der Waals surface area contributed by atoms with Crippen LogP contribution in [0.15, 0.2) is 17.8 Å². The molecule has 1 aromatic carbocycles. The lowest BCUT2D eigenvalue weighted by Crippen LogP contribution is -2.26. The van der Waals surface area contributed by atoms with E-state index in [4.69, 9.17) is 5.53 Å². The van der Waals surface area contributed by atoms with E-state index in [1.807, 2.05) is 4.91 Å². The van der Waals surface area contributed by atoms with Crippen molar-refractivity contribution < 1.29 is 31.9 Å². The van der Waals surface area contributed by atoms with Gasteiger partial charge in [-0.1, -0.05) is 11.7 Å². The summed E-state index contributed by atoms with van der Waals surface area (Å²) in [4.78, 5) is 24.3. The summed E-state index contributed by atoms with van der Waals surface area (Å²) < 4.78 is 58.6. The molecule has 7 nitrogen and oxygen atoms in total. The molecule has 0 saturated heterocycles. The number of hydrogen-bond donors (Lipinski definition) is 1. The Kier molecular flexibility index (Phi) is 6.10. The largest absolute Gasteiger partial charge is 0.460 e. The molecule has 122 valence electrons. The quantitative estimate of drug-likeness (QED) is 0.126. The summed E-state index contributed by atoms with van der Waals surface area (Å²) in [5.41, 5.74) is 4.92.